The number of nitrogens with zero attached hydrogens (tertiary/aromatic N) is 2. The Morgan fingerprint density at radius 1 is 1.18 bits per heavy atom. The summed E-state index contributed by atoms with van der Waals surface area (Å²) in [5.74, 6) is 1.70. The van der Waals surface area contributed by atoms with Crippen molar-refractivity contribution < 1.29 is 29.2 Å². The summed E-state index contributed by atoms with van der Waals surface area (Å²) in [5.41, 5.74) is 1.53. The normalized spacial score (nSPS) is 19.0. The number of thioether (sulfide) groups is 1. The second kappa shape index (κ2) is 11.5. The van der Waals surface area contributed by atoms with E-state index in [0.29, 0.717) is 44.4 Å². The predicted octanol–water partition coefficient (Wildman–Crippen LogP) is 2.93. The fraction of sp³-hybridized carbons (Fsp3) is 0.400. The first-order valence-corrected chi connectivity index (χ1v) is 12.3. The maximum Gasteiger partial charge on any atom is 0.247 e. The molecule has 2 saturated heterocycles. The second-order valence-electron chi connectivity index (χ2n) is 8.09. The number of para-hydroxylation sites is 2. The van der Waals surface area contributed by atoms with E-state index in [1.807, 2.05) is 6.07 Å². The Morgan fingerprint density at radius 2 is 1.97 bits per heavy atom. The lowest BCUT2D eigenvalue weighted by Gasteiger charge is -2.27. The molecule has 2 aliphatic rings. The van der Waals surface area contributed by atoms with Crippen LogP contribution in [0.1, 0.15) is 11.1 Å². The third kappa shape index (κ3) is 5.97. The molecule has 8 nitrogen and oxygen atoms in total. The molecule has 9 heteroatoms. The average Bonchev–Trinajstić information content (AvgIpc) is 3.33. The first-order chi connectivity index (χ1) is 16.5. The number of amides is 1. The number of morpholine rings is 1. The minimum atomic E-state index is -0.136. The van der Waals surface area contributed by atoms with Gasteiger partial charge in [-0.25, -0.2) is 0 Å². The molecule has 0 bridgehead atoms. The van der Waals surface area contributed by atoms with E-state index in [1.165, 1.54) is 7.11 Å². The van der Waals surface area contributed by atoms with Crippen LogP contribution in [0.15, 0.2) is 42.5 Å². The first-order valence-electron chi connectivity index (χ1n) is 11.3. The number of phenolic OH excluding ortho intramolecular Hbond substituents is 2. The Morgan fingerprint density at radius 3 is 2.74 bits per heavy atom. The zero-order chi connectivity index (χ0) is 23.9. The zero-order valence-corrected chi connectivity index (χ0v) is 20.0. The molecule has 1 unspecified atom stereocenters. The fourth-order valence-corrected chi connectivity index (χ4v) is 5.10. The van der Waals surface area contributed by atoms with Crippen LogP contribution >= 0.6 is 11.8 Å². The van der Waals surface area contributed by atoms with Gasteiger partial charge in [0.05, 0.1) is 20.3 Å². The molecule has 2 N–H and O–H groups in total. The van der Waals surface area contributed by atoms with E-state index in [0.717, 1.165) is 30.0 Å². The van der Waals surface area contributed by atoms with Gasteiger partial charge in [0.2, 0.25) is 5.91 Å². The van der Waals surface area contributed by atoms with E-state index >= 15 is 0 Å². The number of benzene rings is 2. The molecule has 0 aliphatic carbocycles. The minimum absolute atomic E-state index is 0.0810. The predicted molar refractivity (Wildman–Crippen MR) is 131 cm³/mol. The molecule has 182 valence electrons. The summed E-state index contributed by atoms with van der Waals surface area (Å²) >= 11 is 1.65. The molecule has 0 radical (unpaired) electrons. The van der Waals surface area contributed by atoms with Crippen molar-refractivity contribution in [3.05, 3.63) is 53.6 Å². The number of carbonyl (C=O) groups is 1. The van der Waals surface area contributed by atoms with Gasteiger partial charge in [0.15, 0.2) is 23.0 Å². The van der Waals surface area contributed by atoms with E-state index < -0.39 is 0 Å². The summed E-state index contributed by atoms with van der Waals surface area (Å²) in [7, 11) is 1.52. The SMILES string of the molecule is COc1cc(C=CC(=O)N2CCSC2COc2ccccc2O)cc(CN2CCOCC2)c1O. The van der Waals surface area contributed by atoms with Gasteiger partial charge in [-0.3, -0.25) is 9.69 Å². The van der Waals surface area contributed by atoms with Crippen LogP contribution in [-0.4, -0.2) is 83.6 Å². The number of phenols is 2. The standard InChI is InChI=1S/C25H30N2O6S/c1-31-22-15-18(14-19(25(22)30)16-26-8-11-32-12-9-26)6-7-23(29)27-10-13-34-24(27)17-33-21-5-3-2-4-20(21)28/h2-7,14-15,24,28,30H,8-13,16-17H2,1H3. The van der Waals surface area contributed by atoms with Gasteiger partial charge in [-0.2, -0.15) is 0 Å². The molecule has 0 saturated carbocycles. The van der Waals surface area contributed by atoms with Crippen LogP contribution in [0.25, 0.3) is 6.08 Å². The lowest BCUT2D eigenvalue weighted by atomic mass is 10.1. The summed E-state index contributed by atoms with van der Waals surface area (Å²) < 4.78 is 16.5. The number of carbonyl (C=O) groups excluding carboxylic acids is 1. The van der Waals surface area contributed by atoms with E-state index in [1.54, 1.807) is 59.1 Å². The van der Waals surface area contributed by atoms with Gasteiger partial charge in [0.25, 0.3) is 0 Å². The number of aromatic hydroxyl groups is 2. The summed E-state index contributed by atoms with van der Waals surface area (Å²) in [4.78, 5) is 16.9. The molecule has 2 fully saturated rings. The van der Waals surface area contributed by atoms with Crippen molar-refractivity contribution >= 4 is 23.7 Å². The topological polar surface area (TPSA) is 91.7 Å². The number of hydrogen-bond donors (Lipinski definition) is 2. The van der Waals surface area contributed by atoms with E-state index in [4.69, 9.17) is 14.2 Å². The number of methoxy groups -OCH3 is 1. The van der Waals surface area contributed by atoms with Crippen LogP contribution in [0.5, 0.6) is 23.0 Å². The third-order valence-corrected chi connectivity index (χ3v) is 7.03. The highest BCUT2D eigenvalue weighted by Crippen LogP contribution is 2.33. The van der Waals surface area contributed by atoms with Gasteiger partial charge in [-0.15, -0.1) is 11.8 Å². The van der Waals surface area contributed by atoms with Crippen LogP contribution in [0, 0.1) is 0 Å². The summed E-state index contributed by atoms with van der Waals surface area (Å²) in [5, 5.41) is 20.3. The maximum atomic E-state index is 12.9. The molecule has 2 aromatic carbocycles. The Labute approximate surface area is 203 Å². The van der Waals surface area contributed by atoms with Gasteiger partial charge >= 0.3 is 0 Å². The summed E-state index contributed by atoms with van der Waals surface area (Å²) in [6.45, 7) is 4.45. The average molecular weight is 487 g/mol. The Balaban J connectivity index is 1.42. The molecule has 2 aliphatic heterocycles. The van der Waals surface area contributed by atoms with Gasteiger partial charge in [-0.1, -0.05) is 12.1 Å². The van der Waals surface area contributed by atoms with Crippen molar-refractivity contribution in [3.63, 3.8) is 0 Å². The fourth-order valence-electron chi connectivity index (χ4n) is 3.98. The van der Waals surface area contributed by atoms with Gasteiger partial charge in [-0.05, 0) is 35.9 Å². The Kier molecular flexibility index (Phi) is 8.21. The second-order valence-corrected chi connectivity index (χ2v) is 9.37. The minimum Gasteiger partial charge on any atom is -0.504 e. The van der Waals surface area contributed by atoms with E-state index in [2.05, 4.69) is 4.90 Å². The smallest absolute Gasteiger partial charge is 0.247 e. The van der Waals surface area contributed by atoms with Crippen LogP contribution in [0.2, 0.25) is 0 Å². The molecule has 0 spiro atoms. The molecular weight excluding hydrogens is 456 g/mol. The zero-order valence-electron chi connectivity index (χ0n) is 19.2. The highest BCUT2D eigenvalue weighted by atomic mass is 32.2. The largest absolute Gasteiger partial charge is 0.504 e. The highest BCUT2D eigenvalue weighted by Gasteiger charge is 2.29. The van der Waals surface area contributed by atoms with Crippen LogP contribution in [-0.2, 0) is 16.1 Å². The molecule has 2 aromatic rings. The number of hydrogen-bond acceptors (Lipinski definition) is 8. The van der Waals surface area contributed by atoms with Crippen molar-refractivity contribution in [2.24, 2.45) is 0 Å². The molecule has 2 heterocycles. The Bertz CT molecular complexity index is 1020. The van der Waals surface area contributed by atoms with Crippen molar-refractivity contribution in [1.29, 1.82) is 0 Å². The molecule has 34 heavy (non-hydrogen) atoms. The quantitative estimate of drug-likeness (QED) is 0.551. The van der Waals surface area contributed by atoms with E-state index in [-0.39, 0.29) is 22.8 Å². The molecule has 4 rings (SSSR count). The lowest BCUT2D eigenvalue weighted by Crippen LogP contribution is -2.37. The van der Waals surface area contributed by atoms with Crippen molar-refractivity contribution in [1.82, 2.24) is 9.80 Å². The summed E-state index contributed by atoms with van der Waals surface area (Å²) in [6.07, 6.45) is 3.29. The monoisotopic (exact) mass is 486 g/mol. The van der Waals surface area contributed by atoms with Gasteiger partial charge < -0.3 is 29.3 Å². The maximum absolute atomic E-state index is 12.9. The van der Waals surface area contributed by atoms with Crippen LogP contribution in [0.3, 0.4) is 0 Å². The highest BCUT2D eigenvalue weighted by molar-refractivity contribution is 8.00. The Hall–Kier alpha value is -2.88. The molecule has 0 aromatic heterocycles. The van der Waals surface area contributed by atoms with Crippen molar-refractivity contribution in [2.45, 2.75) is 11.9 Å². The first kappa shape index (κ1) is 24.3. The lowest BCUT2D eigenvalue weighted by molar-refractivity contribution is -0.126. The third-order valence-electron chi connectivity index (χ3n) is 5.83. The molecular formula is C25H30N2O6S. The van der Waals surface area contributed by atoms with Gasteiger partial charge in [0, 0.05) is 43.6 Å². The molecule has 1 atom stereocenters. The summed E-state index contributed by atoms with van der Waals surface area (Å²) in [6, 6.07) is 10.4. The van der Waals surface area contributed by atoms with Crippen LogP contribution in [0.4, 0.5) is 0 Å². The number of ether oxygens (including phenoxy) is 3. The van der Waals surface area contributed by atoms with Crippen molar-refractivity contribution in [3.8, 4) is 23.0 Å². The number of rotatable bonds is 8. The van der Waals surface area contributed by atoms with Crippen molar-refractivity contribution in [2.75, 3.05) is 52.3 Å². The van der Waals surface area contributed by atoms with E-state index in [9.17, 15) is 15.0 Å². The molecule has 1 amide bonds. The van der Waals surface area contributed by atoms with Gasteiger partial charge in [0.1, 0.15) is 12.0 Å². The van der Waals surface area contributed by atoms with Crippen LogP contribution < -0.4 is 9.47 Å².